The zero-order chi connectivity index (χ0) is 22.0. The standard InChI is InChI=1S/C16H12F6N2O4S/c17-15(18,19)9-4-10(16(20,21)22)6-12(5-9)28-8-14(25)24-11-2-1-3-13(7-11)29(23,26)27/h1-7H,8H2,(H,24,25)(H2,23,26,27). The number of alkyl halides is 6. The lowest BCUT2D eigenvalue weighted by Gasteiger charge is -2.15. The van der Waals surface area contributed by atoms with Gasteiger partial charge in [-0.2, -0.15) is 26.3 Å². The normalized spacial score (nSPS) is 12.5. The largest absolute Gasteiger partial charge is 0.484 e. The van der Waals surface area contributed by atoms with Crippen molar-refractivity contribution in [1.82, 2.24) is 0 Å². The van der Waals surface area contributed by atoms with Crippen molar-refractivity contribution in [2.24, 2.45) is 5.14 Å². The minimum atomic E-state index is -5.06. The molecule has 0 saturated carbocycles. The number of amides is 1. The van der Waals surface area contributed by atoms with Crippen LogP contribution in [0.15, 0.2) is 47.4 Å². The van der Waals surface area contributed by atoms with Crippen molar-refractivity contribution in [3.8, 4) is 5.75 Å². The van der Waals surface area contributed by atoms with Gasteiger partial charge in [-0.3, -0.25) is 4.79 Å². The van der Waals surface area contributed by atoms with E-state index in [4.69, 9.17) is 9.88 Å². The van der Waals surface area contributed by atoms with Crippen molar-refractivity contribution in [1.29, 1.82) is 0 Å². The van der Waals surface area contributed by atoms with Crippen LogP contribution in [0, 0.1) is 0 Å². The molecular weight excluding hydrogens is 430 g/mol. The fourth-order valence-corrected chi connectivity index (χ4v) is 2.67. The van der Waals surface area contributed by atoms with Crippen molar-refractivity contribution in [3.05, 3.63) is 53.6 Å². The summed E-state index contributed by atoms with van der Waals surface area (Å²) in [5.74, 6) is -1.77. The van der Waals surface area contributed by atoms with Crippen LogP contribution >= 0.6 is 0 Å². The van der Waals surface area contributed by atoms with Crippen LogP contribution in [0.4, 0.5) is 32.0 Å². The topological polar surface area (TPSA) is 98.5 Å². The summed E-state index contributed by atoms with van der Waals surface area (Å²) in [6, 6.07) is 5.29. The molecule has 2 rings (SSSR count). The van der Waals surface area contributed by atoms with Gasteiger partial charge >= 0.3 is 12.4 Å². The summed E-state index contributed by atoms with van der Waals surface area (Å²) in [7, 11) is -4.05. The van der Waals surface area contributed by atoms with Gasteiger partial charge in [0, 0.05) is 5.69 Å². The van der Waals surface area contributed by atoms with E-state index in [-0.39, 0.29) is 16.6 Å². The Kier molecular flexibility index (Phi) is 6.13. The maximum atomic E-state index is 12.8. The molecule has 2 aromatic rings. The van der Waals surface area contributed by atoms with Crippen LogP contribution in [-0.2, 0) is 27.2 Å². The van der Waals surface area contributed by atoms with Crippen molar-refractivity contribution in [2.45, 2.75) is 17.2 Å². The van der Waals surface area contributed by atoms with E-state index >= 15 is 0 Å². The Morgan fingerprint density at radius 1 is 0.966 bits per heavy atom. The summed E-state index contributed by atoms with van der Waals surface area (Å²) in [4.78, 5) is 11.5. The number of benzene rings is 2. The van der Waals surface area contributed by atoms with Crippen LogP contribution in [0.25, 0.3) is 0 Å². The fraction of sp³-hybridized carbons (Fsp3) is 0.188. The summed E-state index contributed by atoms with van der Waals surface area (Å²) >= 11 is 0. The average Bonchev–Trinajstić information content (AvgIpc) is 2.58. The first-order chi connectivity index (χ1) is 13.2. The van der Waals surface area contributed by atoms with Crippen LogP contribution in [0.1, 0.15) is 11.1 Å². The van der Waals surface area contributed by atoms with Gasteiger partial charge in [0.15, 0.2) is 6.61 Å². The molecule has 0 atom stereocenters. The number of hydrogen-bond acceptors (Lipinski definition) is 4. The monoisotopic (exact) mass is 442 g/mol. The van der Waals surface area contributed by atoms with Gasteiger partial charge < -0.3 is 10.1 Å². The SMILES string of the molecule is NS(=O)(=O)c1cccc(NC(=O)COc2cc(C(F)(F)F)cc(C(F)(F)F)c2)c1. The zero-order valence-corrected chi connectivity index (χ0v) is 15.0. The number of ether oxygens (including phenoxy) is 1. The molecule has 0 aliphatic rings. The highest BCUT2D eigenvalue weighted by Crippen LogP contribution is 2.38. The molecule has 0 aromatic heterocycles. The van der Waals surface area contributed by atoms with Gasteiger partial charge in [-0.25, -0.2) is 13.6 Å². The Bertz CT molecular complexity index is 987. The summed E-state index contributed by atoms with van der Waals surface area (Å²) in [6.45, 7) is -0.932. The van der Waals surface area contributed by atoms with E-state index in [1.54, 1.807) is 0 Å². The van der Waals surface area contributed by atoms with E-state index < -0.39 is 51.8 Å². The van der Waals surface area contributed by atoms with Gasteiger partial charge in [0.2, 0.25) is 10.0 Å². The zero-order valence-electron chi connectivity index (χ0n) is 14.1. The Hall–Kier alpha value is -2.80. The van der Waals surface area contributed by atoms with Crippen LogP contribution in [0.5, 0.6) is 5.75 Å². The lowest BCUT2D eigenvalue weighted by atomic mass is 10.1. The molecule has 6 nitrogen and oxygen atoms in total. The highest BCUT2D eigenvalue weighted by atomic mass is 32.2. The van der Waals surface area contributed by atoms with Crippen molar-refractivity contribution >= 4 is 21.6 Å². The summed E-state index contributed by atoms with van der Waals surface area (Å²) < 4.78 is 104. The van der Waals surface area contributed by atoms with Crippen molar-refractivity contribution in [3.63, 3.8) is 0 Å². The summed E-state index contributed by atoms with van der Waals surface area (Å²) in [5, 5.41) is 7.13. The van der Waals surface area contributed by atoms with Gasteiger partial charge in [0.1, 0.15) is 5.75 Å². The van der Waals surface area contributed by atoms with Crippen LogP contribution in [0.2, 0.25) is 0 Å². The number of sulfonamides is 1. The van der Waals surface area contributed by atoms with E-state index in [0.29, 0.717) is 12.1 Å². The molecule has 0 heterocycles. The van der Waals surface area contributed by atoms with Gasteiger partial charge in [-0.05, 0) is 36.4 Å². The first-order valence-electron chi connectivity index (χ1n) is 7.51. The van der Waals surface area contributed by atoms with Gasteiger partial charge in [-0.1, -0.05) is 6.07 Å². The Morgan fingerprint density at radius 2 is 1.52 bits per heavy atom. The molecule has 0 aliphatic heterocycles. The Balaban J connectivity index is 2.16. The van der Waals surface area contributed by atoms with E-state index in [0.717, 1.165) is 12.1 Å². The highest BCUT2D eigenvalue weighted by Gasteiger charge is 2.37. The molecule has 1 amide bonds. The number of carbonyl (C=O) groups excluding carboxylic acids is 1. The molecule has 3 N–H and O–H groups in total. The quantitative estimate of drug-likeness (QED) is 0.694. The van der Waals surface area contributed by atoms with E-state index in [9.17, 15) is 39.6 Å². The summed E-state index contributed by atoms with van der Waals surface area (Å²) in [5.41, 5.74) is -3.21. The molecule has 0 bridgehead atoms. The predicted octanol–water partition coefficient (Wildman–Crippen LogP) is 3.39. The molecule has 2 aromatic carbocycles. The van der Waals surface area contributed by atoms with Gasteiger partial charge in [0.05, 0.1) is 16.0 Å². The highest BCUT2D eigenvalue weighted by molar-refractivity contribution is 7.89. The minimum Gasteiger partial charge on any atom is -0.484 e. The van der Waals surface area contributed by atoms with Gasteiger partial charge in [0.25, 0.3) is 5.91 Å². The first kappa shape index (κ1) is 22.5. The van der Waals surface area contributed by atoms with Gasteiger partial charge in [-0.15, -0.1) is 0 Å². The number of nitrogens with one attached hydrogen (secondary N) is 1. The third kappa shape index (κ3) is 6.35. The number of anilines is 1. The summed E-state index contributed by atoms with van der Waals surface area (Å²) in [6.07, 6.45) is -10.1. The first-order valence-corrected chi connectivity index (χ1v) is 9.06. The molecule has 0 fully saturated rings. The third-order valence-corrected chi connectivity index (χ3v) is 4.29. The fourth-order valence-electron chi connectivity index (χ4n) is 2.11. The number of rotatable bonds is 5. The molecule has 158 valence electrons. The van der Waals surface area contributed by atoms with E-state index in [1.807, 2.05) is 0 Å². The Labute approximate surface area is 160 Å². The molecular formula is C16H12F6N2O4S. The smallest absolute Gasteiger partial charge is 0.416 e. The Morgan fingerprint density at radius 3 is 2.00 bits per heavy atom. The van der Waals surface area contributed by atoms with Crippen LogP contribution in [0.3, 0.4) is 0 Å². The molecule has 0 saturated heterocycles. The molecule has 0 spiro atoms. The molecule has 0 radical (unpaired) electrons. The average molecular weight is 442 g/mol. The van der Waals surface area contributed by atoms with Crippen LogP contribution < -0.4 is 15.2 Å². The number of hydrogen-bond donors (Lipinski definition) is 2. The number of halogens is 6. The number of nitrogens with two attached hydrogens (primary N) is 1. The number of primary sulfonamides is 1. The number of carbonyl (C=O) groups is 1. The van der Waals surface area contributed by atoms with Crippen molar-refractivity contribution in [2.75, 3.05) is 11.9 Å². The lowest BCUT2D eigenvalue weighted by Crippen LogP contribution is -2.21. The van der Waals surface area contributed by atoms with Crippen molar-refractivity contribution < 1.29 is 44.3 Å². The second kappa shape index (κ2) is 7.91. The molecule has 0 aliphatic carbocycles. The molecule has 13 heteroatoms. The van der Waals surface area contributed by atoms with E-state index in [2.05, 4.69) is 5.32 Å². The molecule has 29 heavy (non-hydrogen) atoms. The predicted molar refractivity (Wildman–Crippen MR) is 88.4 cm³/mol. The van der Waals surface area contributed by atoms with E-state index in [1.165, 1.54) is 12.1 Å². The third-order valence-electron chi connectivity index (χ3n) is 3.38. The maximum Gasteiger partial charge on any atom is 0.416 e. The maximum absolute atomic E-state index is 12.8. The molecule has 0 unspecified atom stereocenters. The van der Waals surface area contributed by atoms with Crippen LogP contribution in [-0.4, -0.2) is 20.9 Å². The second-order valence-electron chi connectivity index (χ2n) is 5.65. The lowest BCUT2D eigenvalue weighted by molar-refractivity contribution is -0.143. The second-order valence-corrected chi connectivity index (χ2v) is 7.21. The minimum absolute atomic E-state index is 0.0230.